The molecule has 0 fully saturated rings. The fourth-order valence-corrected chi connectivity index (χ4v) is 4.93. The molecular weight excluding hydrogens is 469 g/mol. The average Bonchev–Trinajstić information content (AvgIpc) is 3.51. The van der Waals surface area contributed by atoms with Crippen LogP contribution in [0, 0.1) is 5.82 Å². The van der Waals surface area contributed by atoms with Gasteiger partial charge in [0, 0.05) is 34.3 Å². The Morgan fingerprint density at radius 1 is 1.06 bits per heavy atom. The molecule has 35 heavy (non-hydrogen) atoms. The molecule has 8 nitrogen and oxygen atoms in total. The summed E-state index contributed by atoms with van der Waals surface area (Å²) in [5.74, 6) is 0.0804. The lowest BCUT2D eigenvalue weighted by molar-refractivity contribution is 0.117. The molecule has 3 atom stereocenters. The highest BCUT2D eigenvalue weighted by molar-refractivity contribution is 6.30. The van der Waals surface area contributed by atoms with Crippen LogP contribution in [0.15, 0.2) is 83.5 Å². The van der Waals surface area contributed by atoms with Gasteiger partial charge in [-0.1, -0.05) is 47.0 Å². The minimum absolute atomic E-state index is 0.404. The van der Waals surface area contributed by atoms with Crippen LogP contribution in [-0.2, 0) is 5.60 Å². The van der Waals surface area contributed by atoms with Crippen molar-refractivity contribution < 1.29 is 9.50 Å². The number of aromatic nitrogens is 4. The lowest BCUT2D eigenvalue weighted by Gasteiger charge is -2.34. The second-order valence-electron chi connectivity index (χ2n) is 8.46. The second kappa shape index (κ2) is 8.09. The quantitative estimate of drug-likeness (QED) is 0.356. The molecule has 2 aliphatic heterocycles. The van der Waals surface area contributed by atoms with Crippen LogP contribution < -0.4 is 11.1 Å². The second-order valence-corrected chi connectivity index (χ2v) is 8.89. The summed E-state index contributed by atoms with van der Waals surface area (Å²) in [7, 11) is 0. The molecule has 10 heteroatoms. The van der Waals surface area contributed by atoms with Gasteiger partial charge in [0.1, 0.15) is 17.5 Å². The topological polar surface area (TPSA) is 114 Å². The van der Waals surface area contributed by atoms with E-state index in [1.54, 1.807) is 41.4 Å². The van der Waals surface area contributed by atoms with E-state index in [-0.39, 0.29) is 0 Å². The number of hydrogen-bond acceptors (Lipinski definition) is 7. The van der Waals surface area contributed by atoms with Gasteiger partial charge < -0.3 is 16.2 Å². The van der Waals surface area contributed by atoms with Gasteiger partial charge in [-0.25, -0.2) is 4.39 Å². The number of anilines is 2. The van der Waals surface area contributed by atoms with Crippen molar-refractivity contribution in [2.24, 2.45) is 10.7 Å². The maximum absolute atomic E-state index is 13.8. The number of rotatable bonds is 4. The summed E-state index contributed by atoms with van der Waals surface area (Å²) in [6.45, 7) is 0. The molecule has 0 bridgehead atoms. The minimum Gasteiger partial charge on any atom is -0.376 e. The van der Waals surface area contributed by atoms with E-state index in [0.717, 1.165) is 16.8 Å². The van der Waals surface area contributed by atoms with Gasteiger partial charge in [-0.3, -0.25) is 4.99 Å². The first-order valence-corrected chi connectivity index (χ1v) is 11.3. The molecule has 0 radical (unpaired) electrons. The zero-order valence-electron chi connectivity index (χ0n) is 18.2. The smallest absolute Gasteiger partial charge is 0.248 e. The first-order chi connectivity index (χ1) is 16.9. The lowest BCUT2D eigenvalue weighted by atomic mass is 9.77. The number of aliphatic hydroxyl groups is 1. The summed E-state index contributed by atoms with van der Waals surface area (Å²) in [6, 6.07) is 17.7. The van der Waals surface area contributed by atoms with E-state index in [9.17, 15) is 9.50 Å². The summed E-state index contributed by atoms with van der Waals surface area (Å²) in [4.78, 5) is 4.16. The number of halogens is 2. The monoisotopic (exact) mass is 487 g/mol. The van der Waals surface area contributed by atoms with Crippen LogP contribution >= 0.6 is 11.6 Å². The zero-order valence-corrected chi connectivity index (χ0v) is 18.9. The van der Waals surface area contributed by atoms with Crippen molar-refractivity contribution in [3.05, 3.63) is 112 Å². The Bertz CT molecular complexity index is 1500. The van der Waals surface area contributed by atoms with E-state index < -0.39 is 23.5 Å². The van der Waals surface area contributed by atoms with Gasteiger partial charge in [0.15, 0.2) is 0 Å². The number of aliphatic imine (C=N–C) groups is 1. The van der Waals surface area contributed by atoms with E-state index in [0.29, 0.717) is 27.7 Å². The fraction of sp³-hybridized carbons (Fsp3) is 0.120. The van der Waals surface area contributed by atoms with Crippen molar-refractivity contribution >= 4 is 29.5 Å². The molecule has 3 heterocycles. The molecule has 4 aromatic rings. The molecule has 0 spiro atoms. The normalized spacial score (nSPS) is 19.9. The molecule has 0 aliphatic carbocycles. The number of benzene rings is 3. The molecule has 0 saturated carbocycles. The molecule has 0 saturated heterocycles. The lowest BCUT2D eigenvalue weighted by Crippen LogP contribution is -2.39. The molecule has 2 aliphatic rings. The number of fused-ring (bicyclic) bond motifs is 2. The molecule has 6 rings (SSSR count). The van der Waals surface area contributed by atoms with E-state index in [1.165, 1.54) is 12.1 Å². The Morgan fingerprint density at radius 2 is 1.86 bits per heavy atom. The van der Waals surface area contributed by atoms with Gasteiger partial charge in [0.25, 0.3) is 0 Å². The summed E-state index contributed by atoms with van der Waals surface area (Å²) in [5, 5.41) is 28.1. The van der Waals surface area contributed by atoms with Crippen molar-refractivity contribution in [3.63, 3.8) is 0 Å². The van der Waals surface area contributed by atoms with Crippen LogP contribution in [-0.4, -0.2) is 37.6 Å². The molecule has 3 aromatic carbocycles. The highest BCUT2D eigenvalue weighted by atomic mass is 35.5. The number of tetrazole rings is 1. The van der Waals surface area contributed by atoms with Crippen LogP contribution in [0.25, 0.3) is 0 Å². The SMILES string of the molecule is NC1C=NC=C1C(O)(c1ccc(F)cc1)c1ccc2c(c1)C(c1cccc(Cl)c1)n1nnnc1N2. The van der Waals surface area contributed by atoms with Gasteiger partial charge in [-0.2, -0.15) is 4.68 Å². The van der Waals surface area contributed by atoms with Crippen molar-refractivity contribution in [2.45, 2.75) is 17.7 Å². The fourth-order valence-electron chi connectivity index (χ4n) is 4.74. The molecule has 3 unspecified atom stereocenters. The van der Waals surface area contributed by atoms with Crippen LogP contribution in [0.4, 0.5) is 16.0 Å². The third-order valence-corrected chi connectivity index (χ3v) is 6.65. The Hall–Kier alpha value is -3.92. The van der Waals surface area contributed by atoms with Crippen LogP contribution in [0.3, 0.4) is 0 Å². The molecule has 0 amide bonds. The van der Waals surface area contributed by atoms with Crippen LogP contribution in [0.2, 0.25) is 5.02 Å². The highest BCUT2D eigenvalue weighted by Crippen LogP contribution is 2.44. The minimum atomic E-state index is -1.65. The standard InChI is InChI=1S/C25H19ClFN7O/c26-17-3-1-2-14(10-17)23-19-11-16(6-9-22(19)30-24-31-32-33-34(23)24)25(35,20-12-29-13-21(20)28)15-4-7-18(27)8-5-15/h1-13,21,23,35H,28H2,(H,30,31,33). The van der Waals surface area contributed by atoms with Gasteiger partial charge in [-0.05, 0) is 63.5 Å². The molecular formula is C25H19ClFN7O. The molecule has 174 valence electrons. The van der Waals surface area contributed by atoms with E-state index in [4.69, 9.17) is 17.3 Å². The third-order valence-electron chi connectivity index (χ3n) is 6.41. The maximum atomic E-state index is 13.8. The van der Waals surface area contributed by atoms with Gasteiger partial charge in [0.05, 0.1) is 6.04 Å². The van der Waals surface area contributed by atoms with Crippen LogP contribution in [0.5, 0.6) is 0 Å². The maximum Gasteiger partial charge on any atom is 0.248 e. The summed E-state index contributed by atoms with van der Waals surface area (Å²) < 4.78 is 15.4. The van der Waals surface area contributed by atoms with E-state index >= 15 is 0 Å². The molecule has 4 N–H and O–H groups in total. The average molecular weight is 488 g/mol. The first-order valence-electron chi connectivity index (χ1n) is 10.9. The molecule has 1 aromatic heterocycles. The zero-order chi connectivity index (χ0) is 24.2. The van der Waals surface area contributed by atoms with E-state index in [2.05, 4.69) is 25.8 Å². The van der Waals surface area contributed by atoms with E-state index in [1.807, 2.05) is 30.3 Å². The highest BCUT2D eigenvalue weighted by Gasteiger charge is 2.41. The summed E-state index contributed by atoms with van der Waals surface area (Å²) in [5.41, 5.74) is 8.59. The number of nitrogens with zero attached hydrogens (tertiary/aromatic N) is 5. The largest absolute Gasteiger partial charge is 0.376 e. The first kappa shape index (κ1) is 21.6. The predicted molar refractivity (Wildman–Crippen MR) is 130 cm³/mol. The number of nitrogens with one attached hydrogen (secondary N) is 1. The predicted octanol–water partition coefficient (Wildman–Crippen LogP) is 3.69. The number of hydrogen-bond donors (Lipinski definition) is 3. The summed E-state index contributed by atoms with van der Waals surface area (Å²) >= 11 is 6.31. The van der Waals surface area contributed by atoms with Crippen molar-refractivity contribution in [3.8, 4) is 0 Å². The van der Waals surface area contributed by atoms with Gasteiger partial charge >= 0.3 is 0 Å². The van der Waals surface area contributed by atoms with Gasteiger partial charge in [0.2, 0.25) is 5.95 Å². The Kier molecular flexibility index (Phi) is 4.99. The number of nitrogens with two attached hydrogens (primary N) is 1. The Morgan fingerprint density at radius 3 is 2.60 bits per heavy atom. The Balaban J connectivity index is 1.56. The van der Waals surface area contributed by atoms with Crippen molar-refractivity contribution in [2.75, 3.05) is 5.32 Å². The van der Waals surface area contributed by atoms with Gasteiger partial charge in [-0.15, -0.1) is 0 Å². The Labute approximate surface area is 204 Å². The van der Waals surface area contributed by atoms with Crippen molar-refractivity contribution in [1.82, 2.24) is 20.2 Å². The van der Waals surface area contributed by atoms with Crippen LogP contribution in [0.1, 0.15) is 28.3 Å². The van der Waals surface area contributed by atoms with Crippen molar-refractivity contribution in [1.29, 1.82) is 0 Å². The summed E-state index contributed by atoms with van der Waals surface area (Å²) in [6.07, 6.45) is 3.12. The third kappa shape index (κ3) is 3.44.